The predicted molar refractivity (Wildman–Crippen MR) is 62.9 cm³/mol. The Morgan fingerprint density at radius 1 is 1.20 bits per heavy atom. The molecule has 0 spiro atoms. The fraction of sp³-hybridized carbons (Fsp3) is 0.333. The van der Waals surface area contributed by atoms with Crippen LogP contribution >= 0.6 is 39.1 Å². The summed E-state index contributed by atoms with van der Waals surface area (Å²) in [6, 6.07) is 2.72. The third-order valence-corrected chi connectivity index (χ3v) is 3.14. The van der Waals surface area contributed by atoms with Crippen LogP contribution in [0.3, 0.4) is 0 Å². The molecule has 2 atom stereocenters. The van der Waals surface area contributed by atoms with Crippen molar-refractivity contribution in [1.29, 1.82) is 0 Å². The van der Waals surface area contributed by atoms with Crippen molar-refractivity contribution in [3.05, 3.63) is 27.7 Å². The fourth-order valence-corrected chi connectivity index (χ4v) is 1.92. The molecular weight excluding hydrogens is 307 g/mol. The van der Waals surface area contributed by atoms with Gasteiger partial charge < -0.3 is 15.3 Å². The summed E-state index contributed by atoms with van der Waals surface area (Å²) in [6.45, 7) is 0. The van der Waals surface area contributed by atoms with E-state index in [9.17, 15) is 15.3 Å². The van der Waals surface area contributed by atoms with E-state index in [-0.39, 0.29) is 21.1 Å². The van der Waals surface area contributed by atoms with Crippen LogP contribution in [0.5, 0.6) is 5.75 Å². The number of aromatic hydroxyl groups is 1. The topological polar surface area (TPSA) is 60.7 Å². The number of aliphatic hydroxyl groups is 2. The van der Waals surface area contributed by atoms with Crippen LogP contribution in [0, 0.1) is 0 Å². The number of benzene rings is 1. The lowest BCUT2D eigenvalue weighted by molar-refractivity contribution is 0.0342. The highest BCUT2D eigenvalue weighted by Crippen LogP contribution is 2.35. The third-order valence-electron chi connectivity index (χ3n) is 1.90. The van der Waals surface area contributed by atoms with Gasteiger partial charge in [-0.15, -0.1) is 0 Å². The van der Waals surface area contributed by atoms with Crippen molar-refractivity contribution < 1.29 is 15.3 Å². The molecule has 1 aromatic rings. The molecule has 0 aliphatic carbocycles. The Morgan fingerprint density at radius 3 is 2.07 bits per heavy atom. The quantitative estimate of drug-likeness (QED) is 0.751. The molecule has 0 amide bonds. The summed E-state index contributed by atoms with van der Waals surface area (Å²) in [5.74, 6) is -0.234. The molecule has 0 saturated carbocycles. The van der Waals surface area contributed by atoms with E-state index in [4.69, 9.17) is 23.2 Å². The summed E-state index contributed by atoms with van der Waals surface area (Å²) in [4.78, 5) is 0. The maximum atomic E-state index is 9.65. The average molecular weight is 316 g/mol. The largest absolute Gasteiger partial charge is 0.505 e. The Hall–Kier alpha value is -0.0000000000000000555. The van der Waals surface area contributed by atoms with Gasteiger partial charge in [0.25, 0.3) is 0 Å². The summed E-state index contributed by atoms with van der Waals surface area (Å²) in [5, 5.41) is 28.6. The number of hydrogen-bond acceptors (Lipinski definition) is 3. The minimum atomic E-state index is -1.10. The molecular formula is C9H9BrCl2O3. The maximum Gasteiger partial charge on any atom is 0.152 e. The molecule has 0 radical (unpaired) electrons. The summed E-state index contributed by atoms with van der Waals surface area (Å²) in [6.07, 6.45) is -2.05. The summed E-state index contributed by atoms with van der Waals surface area (Å²) in [7, 11) is 0. The van der Waals surface area contributed by atoms with Gasteiger partial charge in [-0.3, -0.25) is 0 Å². The smallest absolute Gasteiger partial charge is 0.152 e. The van der Waals surface area contributed by atoms with Gasteiger partial charge in [-0.1, -0.05) is 39.1 Å². The normalized spacial score (nSPS) is 15.0. The van der Waals surface area contributed by atoms with Gasteiger partial charge in [0.1, 0.15) is 6.10 Å². The van der Waals surface area contributed by atoms with Crippen molar-refractivity contribution in [2.45, 2.75) is 12.2 Å². The van der Waals surface area contributed by atoms with Crippen molar-refractivity contribution in [3.63, 3.8) is 0 Å². The minimum absolute atomic E-state index is 0.0401. The lowest BCUT2D eigenvalue weighted by Crippen LogP contribution is -2.19. The zero-order valence-corrected chi connectivity index (χ0v) is 10.6. The zero-order chi connectivity index (χ0) is 11.6. The van der Waals surface area contributed by atoms with Crippen LogP contribution in [-0.2, 0) is 0 Å². The average Bonchev–Trinajstić information content (AvgIpc) is 2.23. The first-order valence-electron chi connectivity index (χ1n) is 4.07. The van der Waals surface area contributed by atoms with E-state index in [1.165, 1.54) is 12.1 Å². The van der Waals surface area contributed by atoms with Crippen molar-refractivity contribution in [2.75, 3.05) is 5.33 Å². The minimum Gasteiger partial charge on any atom is -0.505 e. The Labute approximate surface area is 105 Å². The fourth-order valence-electron chi connectivity index (χ4n) is 1.06. The molecule has 0 saturated heterocycles. The second kappa shape index (κ2) is 5.37. The molecule has 3 nitrogen and oxygen atoms in total. The van der Waals surface area contributed by atoms with Gasteiger partial charge >= 0.3 is 0 Å². The second-order valence-corrected chi connectivity index (χ2v) is 4.46. The number of rotatable bonds is 3. The molecule has 0 aliphatic rings. The van der Waals surface area contributed by atoms with E-state index in [0.29, 0.717) is 5.56 Å². The van der Waals surface area contributed by atoms with Crippen LogP contribution < -0.4 is 0 Å². The van der Waals surface area contributed by atoms with E-state index in [1.807, 2.05) is 0 Å². The molecule has 84 valence electrons. The van der Waals surface area contributed by atoms with Crippen molar-refractivity contribution in [3.8, 4) is 5.75 Å². The first kappa shape index (κ1) is 13.1. The van der Waals surface area contributed by atoms with E-state index in [1.54, 1.807) is 0 Å². The van der Waals surface area contributed by atoms with Crippen LogP contribution in [0.25, 0.3) is 0 Å². The molecule has 0 aliphatic heterocycles. The van der Waals surface area contributed by atoms with E-state index >= 15 is 0 Å². The first-order chi connectivity index (χ1) is 6.97. The van der Waals surface area contributed by atoms with Crippen LogP contribution in [0.4, 0.5) is 0 Å². The Balaban J connectivity index is 3.06. The molecule has 1 rings (SSSR count). The molecule has 1 aromatic carbocycles. The summed E-state index contributed by atoms with van der Waals surface area (Å²) >= 11 is 14.4. The van der Waals surface area contributed by atoms with E-state index in [0.717, 1.165) is 0 Å². The Kier molecular flexibility index (Phi) is 4.67. The van der Waals surface area contributed by atoms with Crippen molar-refractivity contribution >= 4 is 39.1 Å². The highest BCUT2D eigenvalue weighted by Gasteiger charge is 2.19. The highest BCUT2D eigenvalue weighted by molar-refractivity contribution is 9.09. The zero-order valence-electron chi connectivity index (χ0n) is 7.49. The second-order valence-electron chi connectivity index (χ2n) is 3.00. The predicted octanol–water partition coefficient (Wildman–Crippen LogP) is 2.49. The van der Waals surface area contributed by atoms with Gasteiger partial charge in [-0.05, 0) is 17.7 Å². The highest BCUT2D eigenvalue weighted by atomic mass is 79.9. The van der Waals surface area contributed by atoms with Gasteiger partial charge in [-0.2, -0.15) is 0 Å². The number of alkyl halides is 1. The lowest BCUT2D eigenvalue weighted by atomic mass is 10.1. The SMILES string of the molecule is Oc1c(Cl)cc(C(O)C(O)CBr)cc1Cl. The van der Waals surface area contributed by atoms with Gasteiger partial charge in [0, 0.05) is 5.33 Å². The maximum absolute atomic E-state index is 9.65. The molecule has 6 heteroatoms. The number of aliphatic hydroxyl groups excluding tert-OH is 2. The first-order valence-corrected chi connectivity index (χ1v) is 5.95. The van der Waals surface area contributed by atoms with Gasteiger partial charge in [0.05, 0.1) is 16.1 Å². The summed E-state index contributed by atoms with van der Waals surface area (Å²) in [5.41, 5.74) is 0.356. The molecule has 0 fully saturated rings. The lowest BCUT2D eigenvalue weighted by Gasteiger charge is -2.16. The standard InChI is InChI=1S/C9H9BrCl2O3/c10-3-7(13)8(14)4-1-5(11)9(15)6(12)2-4/h1-2,7-8,13-15H,3H2. The van der Waals surface area contributed by atoms with Crippen LogP contribution in [0.2, 0.25) is 10.0 Å². The Bertz CT molecular complexity index is 336. The van der Waals surface area contributed by atoms with Gasteiger partial charge in [0.2, 0.25) is 0 Å². The number of halogens is 3. The van der Waals surface area contributed by atoms with Gasteiger partial charge in [-0.25, -0.2) is 0 Å². The number of hydrogen-bond donors (Lipinski definition) is 3. The van der Waals surface area contributed by atoms with E-state index in [2.05, 4.69) is 15.9 Å². The molecule has 2 unspecified atom stereocenters. The van der Waals surface area contributed by atoms with E-state index < -0.39 is 12.2 Å². The van der Waals surface area contributed by atoms with Crippen LogP contribution in [0.15, 0.2) is 12.1 Å². The number of phenols is 1. The van der Waals surface area contributed by atoms with Gasteiger partial charge in [0.15, 0.2) is 5.75 Å². The van der Waals surface area contributed by atoms with Crippen molar-refractivity contribution in [1.82, 2.24) is 0 Å². The monoisotopic (exact) mass is 314 g/mol. The molecule has 0 heterocycles. The molecule has 0 aromatic heterocycles. The van der Waals surface area contributed by atoms with Crippen molar-refractivity contribution in [2.24, 2.45) is 0 Å². The molecule has 15 heavy (non-hydrogen) atoms. The molecule has 3 N–H and O–H groups in total. The third kappa shape index (κ3) is 2.98. The van der Waals surface area contributed by atoms with Crippen LogP contribution in [-0.4, -0.2) is 26.8 Å². The number of phenolic OH excluding ortho intramolecular Hbond substituents is 1. The van der Waals surface area contributed by atoms with Crippen LogP contribution in [0.1, 0.15) is 11.7 Å². The molecule has 0 bridgehead atoms. The Morgan fingerprint density at radius 2 is 1.67 bits per heavy atom. The summed E-state index contributed by atoms with van der Waals surface area (Å²) < 4.78 is 0.